The van der Waals surface area contributed by atoms with Gasteiger partial charge in [-0.1, -0.05) is 70.2 Å². The molecule has 6 atom stereocenters. The van der Waals surface area contributed by atoms with Gasteiger partial charge in [-0.2, -0.15) is 0 Å². The van der Waals surface area contributed by atoms with Gasteiger partial charge in [-0.25, -0.2) is 0 Å². The fraction of sp³-hybridized carbons (Fsp3) is 0.667. The Hall–Kier alpha value is -1.21. The highest BCUT2D eigenvalue weighted by Crippen LogP contribution is 2.51. The molecule has 0 N–H and O–H groups in total. The van der Waals surface area contributed by atoms with Crippen LogP contribution in [0.4, 0.5) is 0 Å². The van der Waals surface area contributed by atoms with E-state index < -0.39 is 11.4 Å². The van der Waals surface area contributed by atoms with Crippen LogP contribution in [0, 0.1) is 11.8 Å². The minimum Gasteiger partial charge on any atom is -0.359 e. The van der Waals surface area contributed by atoms with Gasteiger partial charge in [-0.3, -0.25) is 9.59 Å². The average Bonchev–Trinajstić information content (AvgIpc) is 3.39. The van der Waals surface area contributed by atoms with Crippen LogP contribution in [0.25, 0.3) is 0 Å². The minimum atomic E-state index is -0.767. The van der Waals surface area contributed by atoms with Crippen molar-refractivity contribution < 1.29 is 23.8 Å². The fourth-order valence-electron chi connectivity index (χ4n) is 4.15. The van der Waals surface area contributed by atoms with Gasteiger partial charge in [0.15, 0.2) is 16.5 Å². The molecule has 0 aromatic carbocycles. The van der Waals surface area contributed by atoms with E-state index in [9.17, 15) is 9.59 Å². The molecule has 2 saturated heterocycles. The van der Waals surface area contributed by atoms with Crippen LogP contribution in [0.2, 0.25) is 0 Å². The van der Waals surface area contributed by atoms with Crippen LogP contribution in [0.3, 0.4) is 0 Å². The molecule has 30 heavy (non-hydrogen) atoms. The topological polar surface area (TPSA) is 65.1 Å². The molecule has 0 saturated carbocycles. The quantitative estimate of drug-likeness (QED) is 0.200. The molecule has 3 aliphatic rings. The maximum Gasteiger partial charge on any atom is 0.201 e. The Morgan fingerprint density at radius 3 is 2.53 bits per heavy atom. The Morgan fingerprint density at radius 2 is 1.93 bits per heavy atom. The lowest BCUT2D eigenvalue weighted by Crippen LogP contribution is -2.61. The van der Waals surface area contributed by atoms with E-state index in [4.69, 9.17) is 14.2 Å². The van der Waals surface area contributed by atoms with Crippen molar-refractivity contribution >= 4 is 22.7 Å². The predicted octanol–water partition coefficient (Wildman–Crippen LogP) is 4.62. The Morgan fingerprint density at radius 1 is 1.27 bits per heavy atom. The lowest BCUT2D eigenvalue weighted by atomic mass is 9.82. The molecule has 6 heteroatoms. The number of rotatable bonds is 6. The fourth-order valence-corrected chi connectivity index (χ4v) is 5.05. The number of ether oxygens (including phenoxy) is 3. The third kappa shape index (κ3) is 5.16. The first-order valence-electron chi connectivity index (χ1n) is 10.6. The second-order valence-corrected chi connectivity index (χ2v) is 11.7. The molecular weight excluding hydrogens is 400 g/mol. The molecule has 0 aromatic rings. The summed E-state index contributed by atoms with van der Waals surface area (Å²) < 4.78 is 18.1. The normalized spacial score (nSPS) is 36.9. The molecule has 1 spiro atoms. The summed E-state index contributed by atoms with van der Waals surface area (Å²) in [7, 11) is 0. The van der Waals surface area contributed by atoms with Gasteiger partial charge in [0.25, 0.3) is 0 Å². The molecular formula is C24H34O5S. The zero-order valence-electron chi connectivity index (χ0n) is 19.1. The van der Waals surface area contributed by atoms with Crippen LogP contribution in [-0.2, 0) is 23.8 Å². The summed E-state index contributed by atoms with van der Waals surface area (Å²) in [5.74, 6) is -0.614. The lowest BCUT2D eigenvalue weighted by molar-refractivity contribution is -0.346. The van der Waals surface area contributed by atoms with E-state index in [0.717, 1.165) is 5.57 Å². The van der Waals surface area contributed by atoms with Gasteiger partial charge in [0.1, 0.15) is 0 Å². The number of ketones is 1. The van der Waals surface area contributed by atoms with Gasteiger partial charge in [-0.15, -0.1) is 0 Å². The molecule has 2 bridgehead atoms. The maximum absolute atomic E-state index is 12.1. The number of fused-ring (bicyclic) bond motifs is 3. The van der Waals surface area contributed by atoms with Crippen molar-refractivity contribution in [3.8, 4) is 0 Å². The van der Waals surface area contributed by atoms with Crippen molar-refractivity contribution in [3.63, 3.8) is 0 Å². The largest absolute Gasteiger partial charge is 0.359 e. The Balaban J connectivity index is 1.61. The van der Waals surface area contributed by atoms with Gasteiger partial charge >= 0.3 is 0 Å². The molecule has 3 heterocycles. The van der Waals surface area contributed by atoms with E-state index >= 15 is 0 Å². The first-order chi connectivity index (χ1) is 13.8. The Kier molecular flexibility index (Phi) is 6.55. The van der Waals surface area contributed by atoms with Crippen LogP contribution < -0.4 is 0 Å². The summed E-state index contributed by atoms with van der Waals surface area (Å²) in [5, 5.41) is -0.0966. The van der Waals surface area contributed by atoms with Gasteiger partial charge in [0, 0.05) is 16.6 Å². The van der Waals surface area contributed by atoms with Crippen LogP contribution >= 0.6 is 11.8 Å². The van der Waals surface area contributed by atoms with Crippen molar-refractivity contribution in [1.82, 2.24) is 0 Å². The Bertz CT molecular complexity index is 786. The summed E-state index contributed by atoms with van der Waals surface area (Å²) in [4.78, 5) is 24.1. The number of carbonyl (C=O) groups excluding carboxylic acids is 2. The molecule has 0 radical (unpaired) electrons. The first-order valence-corrected chi connectivity index (χ1v) is 11.5. The van der Waals surface area contributed by atoms with Gasteiger partial charge < -0.3 is 14.2 Å². The third-order valence-corrected chi connectivity index (χ3v) is 6.84. The van der Waals surface area contributed by atoms with E-state index in [-0.39, 0.29) is 46.1 Å². The standard InChI is InChI=1S/C24H34O5S/c1-15(8-9-18(25)13-20(26)30-22(4,5)6)12-16(2)21-17(3)19-10-11-24(14-27-24)23(7,28-19)29-21/h8-12,16-17,19,21H,13-14H2,1-7H3/b9-8+,15-12+/t16-,17+,19-,21-,23-,24-/m1/s1. The summed E-state index contributed by atoms with van der Waals surface area (Å²) >= 11 is 1.21. The molecule has 3 aliphatic heterocycles. The summed E-state index contributed by atoms with van der Waals surface area (Å²) in [6, 6.07) is 0. The number of hydrogen-bond donors (Lipinski definition) is 0. The molecule has 0 aliphatic carbocycles. The van der Waals surface area contributed by atoms with E-state index in [2.05, 4.69) is 32.1 Å². The monoisotopic (exact) mass is 434 g/mol. The first kappa shape index (κ1) is 23.5. The summed E-state index contributed by atoms with van der Waals surface area (Å²) in [6.45, 7) is 14.7. The van der Waals surface area contributed by atoms with Crippen LogP contribution in [0.1, 0.15) is 54.9 Å². The molecule has 3 rings (SSSR count). The number of carbonyl (C=O) groups is 2. The van der Waals surface area contributed by atoms with Crippen molar-refractivity contribution in [2.45, 2.75) is 83.2 Å². The van der Waals surface area contributed by atoms with Crippen molar-refractivity contribution in [3.05, 3.63) is 36.0 Å². The van der Waals surface area contributed by atoms with Crippen LogP contribution in [0.15, 0.2) is 36.0 Å². The van der Waals surface area contributed by atoms with E-state index in [1.165, 1.54) is 17.8 Å². The van der Waals surface area contributed by atoms with E-state index in [1.54, 1.807) is 6.08 Å². The highest BCUT2D eigenvalue weighted by atomic mass is 32.2. The smallest absolute Gasteiger partial charge is 0.201 e. The van der Waals surface area contributed by atoms with Crippen molar-refractivity contribution in [1.29, 1.82) is 0 Å². The van der Waals surface area contributed by atoms with E-state index in [1.807, 2.05) is 34.6 Å². The van der Waals surface area contributed by atoms with Gasteiger partial charge in [-0.05, 0) is 26.0 Å². The molecule has 0 amide bonds. The molecule has 0 unspecified atom stereocenters. The lowest BCUT2D eigenvalue weighted by Gasteiger charge is -2.51. The van der Waals surface area contributed by atoms with Crippen LogP contribution in [0.5, 0.6) is 0 Å². The van der Waals surface area contributed by atoms with Gasteiger partial charge in [0.2, 0.25) is 5.79 Å². The molecule has 0 aromatic heterocycles. The second kappa shape index (κ2) is 8.38. The highest BCUT2D eigenvalue weighted by molar-refractivity contribution is 8.14. The second-order valence-electron chi connectivity index (χ2n) is 9.84. The van der Waals surface area contributed by atoms with Crippen molar-refractivity contribution in [2.24, 2.45) is 11.8 Å². The highest BCUT2D eigenvalue weighted by Gasteiger charge is 2.65. The maximum atomic E-state index is 12.1. The van der Waals surface area contributed by atoms with Crippen LogP contribution in [-0.4, -0.2) is 45.8 Å². The van der Waals surface area contributed by atoms with E-state index in [0.29, 0.717) is 6.61 Å². The predicted molar refractivity (Wildman–Crippen MR) is 119 cm³/mol. The van der Waals surface area contributed by atoms with Crippen molar-refractivity contribution in [2.75, 3.05) is 6.61 Å². The zero-order valence-corrected chi connectivity index (χ0v) is 19.9. The average molecular weight is 435 g/mol. The molecule has 5 nitrogen and oxygen atoms in total. The summed E-state index contributed by atoms with van der Waals surface area (Å²) in [6.07, 6.45) is 9.50. The molecule has 166 valence electrons. The van der Waals surface area contributed by atoms with Gasteiger partial charge in [0.05, 0.1) is 25.2 Å². The SMILES string of the molecule is CC(/C=C/C(=O)CC(=O)SC(C)(C)C)=C\[C@@H](C)[C@H]1O[C@@]2(C)O[C@H](C=C[C@@]23CO3)[C@@H]1C. The zero-order chi connectivity index (χ0) is 22.3. The molecule has 2 fully saturated rings. The number of epoxide rings is 1. The Labute approximate surface area is 184 Å². The summed E-state index contributed by atoms with van der Waals surface area (Å²) in [5.41, 5.74) is 0.516. The number of allylic oxidation sites excluding steroid dienone is 3. The number of hydrogen-bond acceptors (Lipinski definition) is 6. The third-order valence-electron chi connectivity index (χ3n) is 5.85. The minimum absolute atomic E-state index is 0.00294. The number of thioether (sulfide) groups is 1.